The van der Waals surface area contributed by atoms with E-state index in [4.69, 9.17) is 9.47 Å². The van der Waals surface area contributed by atoms with Crippen LogP contribution in [0.2, 0.25) is 0 Å². The maximum atomic E-state index is 11.1. The molecule has 0 N–H and O–H groups in total. The van der Waals surface area contributed by atoms with Crippen molar-refractivity contribution < 1.29 is 19.1 Å². The van der Waals surface area contributed by atoms with Crippen LogP contribution in [0.4, 0.5) is 0 Å². The summed E-state index contributed by atoms with van der Waals surface area (Å²) < 4.78 is 10.6. The largest absolute Gasteiger partial charge is 0.426 e. The van der Waals surface area contributed by atoms with Crippen molar-refractivity contribution in [3.8, 4) is 11.5 Å². The molecule has 1 aromatic carbocycles. The Morgan fingerprint density at radius 1 is 1.12 bits per heavy atom. The Labute approximate surface area is 108 Å². The SMILES string of the molecule is CCC(=O)Oc1ccc(OC(=O)CC)c(Br)c1. The Hall–Kier alpha value is -1.36. The molecule has 0 spiro atoms. The normalized spacial score (nSPS) is 9.82. The van der Waals surface area contributed by atoms with E-state index < -0.39 is 0 Å². The monoisotopic (exact) mass is 300 g/mol. The molecule has 0 aliphatic heterocycles. The van der Waals surface area contributed by atoms with Gasteiger partial charge in [-0.15, -0.1) is 0 Å². The number of hydrogen-bond acceptors (Lipinski definition) is 4. The van der Waals surface area contributed by atoms with Crippen molar-refractivity contribution in [2.75, 3.05) is 0 Å². The topological polar surface area (TPSA) is 52.6 Å². The Morgan fingerprint density at radius 2 is 1.71 bits per heavy atom. The van der Waals surface area contributed by atoms with E-state index in [1.165, 1.54) is 0 Å². The molecule has 0 unspecified atom stereocenters. The first kappa shape index (κ1) is 13.7. The average Bonchev–Trinajstić information content (AvgIpc) is 2.32. The van der Waals surface area contributed by atoms with Crippen LogP contribution in [0.1, 0.15) is 26.7 Å². The van der Waals surface area contributed by atoms with Crippen molar-refractivity contribution >= 4 is 27.9 Å². The molecule has 17 heavy (non-hydrogen) atoms. The summed E-state index contributed by atoms with van der Waals surface area (Å²) in [6.45, 7) is 3.43. The molecule has 0 atom stereocenters. The van der Waals surface area contributed by atoms with Crippen LogP contribution < -0.4 is 9.47 Å². The summed E-state index contributed by atoms with van der Waals surface area (Å²) in [6, 6.07) is 4.75. The quantitative estimate of drug-likeness (QED) is 0.633. The molecule has 0 saturated heterocycles. The molecular formula is C12H13BrO4. The Kier molecular flexibility index (Phi) is 5.15. The number of carbonyl (C=O) groups is 2. The molecule has 0 saturated carbocycles. The van der Waals surface area contributed by atoms with Crippen molar-refractivity contribution in [2.45, 2.75) is 26.7 Å². The predicted molar refractivity (Wildman–Crippen MR) is 66.0 cm³/mol. The lowest BCUT2D eigenvalue weighted by Gasteiger charge is -2.07. The second kappa shape index (κ2) is 6.39. The van der Waals surface area contributed by atoms with Crippen LogP contribution in [0.3, 0.4) is 0 Å². The van der Waals surface area contributed by atoms with E-state index in [2.05, 4.69) is 15.9 Å². The smallest absolute Gasteiger partial charge is 0.310 e. The van der Waals surface area contributed by atoms with Gasteiger partial charge in [-0.2, -0.15) is 0 Å². The molecule has 0 aliphatic carbocycles. The number of rotatable bonds is 4. The first-order valence-corrected chi connectivity index (χ1v) is 6.07. The molecule has 0 fully saturated rings. The number of carbonyl (C=O) groups excluding carboxylic acids is 2. The molecule has 0 aromatic heterocycles. The lowest BCUT2D eigenvalue weighted by atomic mass is 10.3. The van der Waals surface area contributed by atoms with Gasteiger partial charge in [0.05, 0.1) is 4.47 Å². The fraction of sp³-hybridized carbons (Fsp3) is 0.333. The third-order valence-corrected chi connectivity index (χ3v) is 2.56. The molecular weight excluding hydrogens is 288 g/mol. The van der Waals surface area contributed by atoms with E-state index in [9.17, 15) is 9.59 Å². The van der Waals surface area contributed by atoms with E-state index >= 15 is 0 Å². The van der Waals surface area contributed by atoms with Gasteiger partial charge < -0.3 is 9.47 Å². The first-order valence-electron chi connectivity index (χ1n) is 5.27. The Bertz CT molecular complexity index is 429. The summed E-state index contributed by atoms with van der Waals surface area (Å²) in [7, 11) is 0. The zero-order valence-corrected chi connectivity index (χ0v) is 11.2. The zero-order chi connectivity index (χ0) is 12.8. The number of hydrogen-bond donors (Lipinski definition) is 0. The van der Waals surface area contributed by atoms with Crippen molar-refractivity contribution in [3.05, 3.63) is 22.7 Å². The zero-order valence-electron chi connectivity index (χ0n) is 9.66. The molecule has 1 aromatic rings. The van der Waals surface area contributed by atoms with E-state index in [0.717, 1.165) is 0 Å². The lowest BCUT2D eigenvalue weighted by molar-refractivity contribution is -0.135. The van der Waals surface area contributed by atoms with Crippen LogP contribution in [-0.4, -0.2) is 11.9 Å². The minimum Gasteiger partial charge on any atom is -0.426 e. The maximum Gasteiger partial charge on any atom is 0.310 e. The third kappa shape index (κ3) is 4.19. The van der Waals surface area contributed by atoms with Crippen LogP contribution >= 0.6 is 15.9 Å². The van der Waals surface area contributed by atoms with Gasteiger partial charge in [-0.25, -0.2) is 0 Å². The standard InChI is InChI=1S/C12H13BrO4/c1-3-11(14)16-8-5-6-10(9(13)7-8)17-12(15)4-2/h5-7H,3-4H2,1-2H3. The summed E-state index contributed by atoms with van der Waals surface area (Å²) >= 11 is 3.25. The van der Waals surface area contributed by atoms with Crippen LogP contribution in [0.25, 0.3) is 0 Å². The predicted octanol–water partition coefficient (Wildman–Crippen LogP) is 3.08. The summed E-state index contributed by atoms with van der Waals surface area (Å²) in [5, 5.41) is 0. The van der Waals surface area contributed by atoms with E-state index in [-0.39, 0.29) is 11.9 Å². The highest BCUT2D eigenvalue weighted by atomic mass is 79.9. The average molecular weight is 301 g/mol. The summed E-state index contributed by atoms with van der Waals surface area (Å²) in [6.07, 6.45) is 0.614. The molecule has 0 heterocycles. The summed E-state index contributed by atoms with van der Waals surface area (Å²) in [5.41, 5.74) is 0. The van der Waals surface area contributed by atoms with Gasteiger partial charge in [-0.1, -0.05) is 13.8 Å². The molecule has 4 nitrogen and oxygen atoms in total. The molecule has 0 radical (unpaired) electrons. The fourth-order valence-electron chi connectivity index (χ4n) is 1.03. The minimum atomic E-state index is -0.316. The Balaban J connectivity index is 2.79. The van der Waals surface area contributed by atoms with Crippen molar-refractivity contribution in [2.24, 2.45) is 0 Å². The highest BCUT2D eigenvalue weighted by Crippen LogP contribution is 2.29. The number of halogens is 1. The first-order chi connectivity index (χ1) is 8.06. The van der Waals surface area contributed by atoms with Gasteiger partial charge in [0.25, 0.3) is 0 Å². The van der Waals surface area contributed by atoms with Crippen LogP contribution in [0.5, 0.6) is 11.5 Å². The van der Waals surface area contributed by atoms with E-state index in [1.807, 2.05) is 0 Å². The molecule has 1 rings (SSSR count). The minimum absolute atomic E-state index is 0.305. The summed E-state index contributed by atoms with van der Waals surface area (Å²) in [5.74, 6) is 0.201. The number of esters is 2. The lowest BCUT2D eigenvalue weighted by Crippen LogP contribution is -2.07. The molecule has 0 aliphatic rings. The van der Waals surface area contributed by atoms with E-state index in [0.29, 0.717) is 28.8 Å². The number of ether oxygens (including phenoxy) is 2. The van der Waals surface area contributed by atoms with Gasteiger partial charge in [-0.3, -0.25) is 9.59 Å². The highest BCUT2D eigenvalue weighted by molar-refractivity contribution is 9.10. The van der Waals surface area contributed by atoms with Crippen LogP contribution in [-0.2, 0) is 9.59 Å². The third-order valence-electron chi connectivity index (χ3n) is 1.94. The van der Waals surface area contributed by atoms with Gasteiger partial charge >= 0.3 is 11.9 Å². The Morgan fingerprint density at radius 3 is 2.24 bits per heavy atom. The van der Waals surface area contributed by atoms with Crippen molar-refractivity contribution in [1.82, 2.24) is 0 Å². The second-order valence-electron chi connectivity index (χ2n) is 3.25. The molecule has 0 bridgehead atoms. The van der Waals surface area contributed by atoms with E-state index in [1.54, 1.807) is 32.0 Å². The second-order valence-corrected chi connectivity index (χ2v) is 4.10. The van der Waals surface area contributed by atoms with Crippen molar-refractivity contribution in [3.63, 3.8) is 0 Å². The fourth-order valence-corrected chi connectivity index (χ4v) is 1.46. The highest BCUT2D eigenvalue weighted by Gasteiger charge is 2.09. The van der Waals surface area contributed by atoms with Crippen LogP contribution in [0.15, 0.2) is 22.7 Å². The molecule has 92 valence electrons. The van der Waals surface area contributed by atoms with Gasteiger partial charge in [0.1, 0.15) is 11.5 Å². The van der Waals surface area contributed by atoms with Gasteiger partial charge in [0, 0.05) is 12.8 Å². The van der Waals surface area contributed by atoms with Gasteiger partial charge in [0.2, 0.25) is 0 Å². The van der Waals surface area contributed by atoms with Gasteiger partial charge in [0.15, 0.2) is 0 Å². The molecule has 0 amide bonds. The van der Waals surface area contributed by atoms with Crippen molar-refractivity contribution in [1.29, 1.82) is 0 Å². The van der Waals surface area contributed by atoms with Gasteiger partial charge in [-0.05, 0) is 34.1 Å². The summed E-state index contributed by atoms with van der Waals surface area (Å²) in [4.78, 5) is 22.2. The number of benzene rings is 1. The molecule has 5 heteroatoms. The van der Waals surface area contributed by atoms with Crippen LogP contribution in [0, 0.1) is 0 Å². The maximum absolute atomic E-state index is 11.1.